The molecule has 1 aromatic heterocycles. The van der Waals surface area contributed by atoms with Crippen LogP contribution in [0.25, 0.3) is 0 Å². The van der Waals surface area contributed by atoms with Gasteiger partial charge in [0.2, 0.25) is 0 Å². The molecule has 0 saturated heterocycles. The smallest absolute Gasteiger partial charge is 0.194 e. The fourth-order valence-corrected chi connectivity index (χ4v) is 2.61. The zero-order chi connectivity index (χ0) is 14.3. The molecule has 1 aliphatic rings. The second-order valence-electron chi connectivity index (χ2n) is 4.64. The van der Waals surface area contributed by atoms with Crippen molar-refractivity contribution in [2.45, 2.75) is 12.6 Å². The maximum absolute atomic E-state index is 13.9. The van der Waals surface area contributed by atoms with E-state index < -0.39 is 23.5 Å². The number of pyridine rings is 1. The summed E-state index contributed by atoms with van der Waals surface area (Å²) in [6.07, 6.45) is 3.23. The van der Waals surface area contributed by atoms with E-state index in [4.69, 9.17) is 5.73 Å². The van der Waals surface area contributed by atoms with E-state index in [1.165, 1.54) is 0 Å². The summed E-state index contributed by atoms with van der Waals surface area (Å²) in [5.74, 6) is -3.76. The summed E-state index contributed by atoms with van der Waals surface area (Å²) in [7, 11) is 0. The molecule has 0 radical (unpaired) electrons. The third kappa shape index (κ3) is 1.84. The molecule has 104 valence electrons. The number of fused-ring (bicyclic) bond motifs is 1. The summed E-state index contributed by atoms with van der Waals surface area (Å²) in [6, 6.07) is 4.18. The third-order valence-electron chi connectivity index (χ3n) is 3.56. The van der Waals surface area contributed by atoms with E-state index in [9.17, 15) is 13.2 Å². The minimum absolute atomic E-state index is 0.145. The highest BCUT2D eigenvalue weighted by Crippen LogP contribution is 2.39. The zero-order valence-corrected chi connectivity index (χ0v) is 10.5. The molecule has 3 nitrogen and oxygen atoms in total. The summed E-state index contributed by atoms with van der Waals surface area (Å²) in [6.45, 7) is 0.318. The van der Waals surface area contributed by atoms with Gasteiger partial charge in [0, 0.05) is 24.8 Å². The molecular formula is C14H12F3N3. The molecule has 1 aromatic carbocycles. The van der Waals surface area contributed by atoms with Crippen LogP contribution in [0, 0.1) is 17.5 Å². The van der Waals surface area contributed by atoms with Crippen LogP contribution < -0.4 is 10.6 Å². The van der Waals surface area contributed by atoms with E-state index in [0.29, 0.717) is 5.56 Å². The van der Waals surface area contributed by atoms with Gasteiger partial charge in [-0.3, -0.25) is 4.98 Å². The Morgan fingerprint density at radius 1 is 1.30 bits per heavy atom. The summed E-state index contributed by atoms with van der Waals surface area (Å²) in [5, 5.41) is 0. The van der Waals surface area contributed by atoms with Gasteiger partial charge < -0.3 is 10.6 Å². The van der Waals surface area contributed by atoms with Gasteiger partial charge >= 0.3 is 0 Å². The van der Waals surface area contributed by atoms with Crippen molar-refractivity contribution in [3.63, 3.8) is 0 Å². The Hall–Kier alpha value is -2.08. The number of anilines is 1. The molecule has 3 rings (SSSR count). The monoisotopic (exact) mass is 279 g/mol. The summed E-state index contributed by atoms with van der Waals surface area (Å²) in [4.78, 5) is 5.79. The summed E-state index contributed by atoms with van der Waals surface area (Å²) in [5.41, 5.74) is 7.00. The van der Waals surface area contributed by atoms with Crippen molar-refractivity contribution in [3.05, 3.63) is 59.2 Å². The second-order valence-corrected chi connectivity index (χ2v) is 4.64. The van der Waals surface area contributed by atoms with Crippen molar-refractivity contribution in [2.75, 3.05) is 11.4 Å². The Morgan fingerprint density at radius 3 is 2.75 bits per heavy atom. The van der Waals surface area contributed by atoms with Crippen LogP contribution in [0.3, 0.4) is 0 Å². The molecule has 0 bridgehead atoms. The third-order valence-corrected chi connectivity index (χ3v) is 3.56. The molecule has 1 unspecified atom stereocenters. The lowest BCUT2D eigenvalue weighted by atomic mass is 10.0. The van der Waals surface area contributed by atoms with Crippen molar-refractivity contribution >= 4 is 5.69 Å². The molecule has 0 spiro atoms. The number of aromatic nitrogens is 1. The Balaban J connectivity index is 2.10. The van der Waals surface area contributed by atoms with Gasteiger partial charge in [0.15, 0.2) is 17.5 Å². The Bertz CT molecular complexity index is 646. The predicted octanol–water partition coefficient (Wildman–Crippen LogP) is 2.52. The van der Waals surface area contributed by atoms with E-state index in [-0.39, 0.29) is 18.7 Å². The molecule has 6 heteroatoms. The van der Waals surface area contributed by atoms with Crippen LogP contribution in [0.2, 0.25) is 0 Å². The lowest BCUT2D eigenvalue weighted by molar-refractivity contribution is 0.441. The van der Waals surface area contributed by atoms with E-state index >= 15 is 0 Å². The van der Waals surface area contributed by atoms with E-state index in [1.807, 2.05) is 0 Å². The maximum Gasteiger partial charge on any atom is 0.194 e. The lowest BCUT2D eigenvalue weighted by Gasteiger charge is -2.25. The molecule has 1 atom stereocenters. The van der Waals surface area contributed by atoms with Crippen molar-refractivity contribution in [3.8, 4) is 0 Å². The van der Waals surface area contributed by atoms with Crippen LogP contribution >= 0.6 is 0 Å². The van der Waals surface area contributed by atoms with Gasteiger partial charge in [0.1, 0.15) is 0 Å². The zero-order valence-electron chi connectivity index (χ0n) is 10.5. The minimum Gasteiger partial charge on any atom is -0.357 e. The fraction of sp³-hybridized carbons (Fsp3) is 0.214. The number of hydrogen-bond acceptors (Lipinski definition) is 3. The predicted molar refractivity (Wildman–Crippen MR) is 68.5 cm³/mol. The first-order valence-corrected chi connectivity index (χ1v) is 6.16. The van der Waals surface area contributed by atoms with Crippen molar-refractivity contribution in [1.82, 2.24) is 4.98 Å². The Kier molecular flexibility index (Phi) is 3.10. The van der Waals surface area contributed by atoms with Crippen LogP contribution in [0.1, 0.15) is 17.2 Å². The molecule has 2 N–H and O–H groups in total. The standard InChI is InChI=1S/C14H12F3N3/c15-11-4-9-10(13(16)14(11)17)7-20(12(9)5-18)8-2-1-3-19-6-8/h1-4,6,12H,5,7,18H2. The number of nitrogens with two attached hydrogens (primary N) is 1. The van der Waals surface area contributed by atoms with Gasteiger partial charge in [-0.15, -0.1) is 0 Å². The Morgan fingerprint density at radius 2 is 2.10 bits per heavy atom. The van der Waals surface area contributed by atoms with Crippen LogP contribution in [0.4, 0.5) is 18.9 Å². The van der Waals surface area contributed by atoms with E-state index in [2.05, 4.69) is 4.98 Å². The SMILES string of the molecule is NCC1c2cc(F)c(F)c(F)c2CN1c1cccnc1. The quantitative estimate of drug-likeness (QED) is 0.859. The van der Waals surface area contributed by atoms with Gasteiger partial charge in [-0.1, -0.05) is 0 Å². The average Bonchev–Trinajstić information content (AvgIpc) is 2.84. The molecule has 2 aromatic rings. The maximum atomic E-state index is 13.9. The Labute approximate surface area is 113 Å². The van der Waals surface area contributed by atoms with Crippen LogP contribution in [0.15, 0.2) is 30.6 Å². The number of hydrogen-bond donors (Lipinski definition) is 1. The highest BCUT2D eigenvalue weighted by molar-refractivity contribution is 5.54. The highest BCUT2D eigenvalue weighted by Gasteiger charge is 2.34. The molecule has 0 amide bonds. The van der Waals surface area contributed by atoms with Crippen molar-refractivity contribution in [2.24, 2.45) is 5.73 Å². The molecule has 1 aliphatic heterocycles. The topological polar surface area (TPSA) is 42.1 Å². The molecular weight excluding hydrogens is 267 g/mol. The minimum atomic E-state index is -1.44. The van der Waals surface area contributed by atoms with Crippen molar-refractivity contribution in [1.29, 1.82) is 0 Å². The van der Waals surface area contributed by atoms with E-state index in [1.54, 1.807) is 29.4 Å². The summed E-state index contributed by atoms with van der Waals surface area (Å²) >= 11 is 0. The molecule has 20 heavy (non-hydrogen) atoms. The van der Waals surface area contributed by atoms with Crippen LogP contribution in [0.5, 0.6) is 0 Å². The highest BCUT2D eigenvalue weighted by atomic mass is 19.2. The molecule has 0 aliphatic carbocycles. The second kappa shape index (κ2) is 4.79. The van der Waals surface area contributed by atoms with Crippen LogP contribution in [-0.4, -0.2) is 11.5 Å². The first-order valence-electron chi connectivity index (χ1n) is 6.16. The molecule has 0 saturated carbocycles. The number of rotatable bonds is 2. The molecule has 0 fully saturated rings. The van der Waals surface area contributed by atoms with Gasteiger partial charge in [-0.05, 0) is 23.8 Å². The molecule has 2 heterocycles. The first-order chi connectivity index (χ1) is 9.63. The number of halogens is 3. The fourth-order valence-electron chi connectivity index (χ4n) is 2.61. The van der Waals surface area contributed by atoms with Gasteiger partial charge in [-0.25, -0.2) is 13.2 Å². The average molecular weight is 279 g/mol. The van der Waals surface area contributed by atoms with Gasteiger partial charge in [-0.2, -0.15) is 0 Å². The van der Waals surface area contributed by atoms with Gasteiger partial charge in [0.05, 0.1) is 17.9 Å². The van der Waals surface area contributed by atoms with Crippen molar-refractivity contribution < 1.29 is 13.2 Å². The largest absolute Gasteiger partial charge is 0.357 e. The summed E-state index contributed by atoms with van der Waals surface area (Å²) < 4.78 is 40.6. The normalized spacial score (nSPS) is 17.4. The number of nitrogens with zero attached hydrogens (tertiary/aromatic N) is 2. The van der Waals surface area contributed by atoms with Crippen LogP contribution in [-0.2, 0) is 6.54 Å². The van der Waals surface area contributed by atoms with E-state index in [0.717, 1.165) is 11.8 Å². The first kappa shape index (κ1) is 12.9. The van der Waals surface area contributed by atoms with Gasteiger partial charge in [0.25, 0.3) is 0 Å². The lowest BCUT2D eigenvalue weighted by Crippen LogP contribution is -2.27. The number of benzene rings is 1.